The number of halogens is 1. The van der Waals surface area contributed by atoms with Gasteiger partial charge in [0.2, 0.25) is 11.8 Å². The Morgan fingerprint density at radius 1 is 1.07 bits per heavy atom. The number of thioether (sulfide) groups is 1. The van der Waals surface area contributed by atoms with Crippen molar-refractivity contribution in [1.29, 1.82) is 0 Å². The summed E-state index contributed by atoms with van der Waals surface area (Å²) in [5.41, 5.74) is 1.94. The van der Waals surface area contributed by atoms with Gasteiger partial charge in [-0.25, -0.2) is 4.39 Å². The minimum atomic E-state index is -0.551. The van der Waals surface area contributed by atoms with Crippen LogP contribution in [0.3, 0.4) is 0 Å². The van der Waals surface area contributed by atoms with Crippen molar-refractivity contribution >= 4 is 23.6 Å². The van der Waals surface area contributed by atoms with Crippen LogP contribution in [0.15, 0.2) is 54.6 Å². The molecule has 0 saturated heterocycles. The minimum Gasteiger partial charge on any atom is -0.357 e. The maximum atomic E-state index is 13.2. The Balaban J connectivity index is 2.08. The second-order valence-electron chi connectivity index (χ2n) is 6.16. The molecule has 0 aliphatic carbocycles. The van der Waals surface area contributed by atoms with Gasteiger partial charge in [-0.2, -0.15) is 0 Å². The van der Waals surface area contributed by atoms with Crippen LogP contribution in [0.4, 0.5) is 4.39 Å². The zero-order chi connectivity index (χ0) is 19.6. The van der Waals surface area contributed by atoms with Crippen LogP contribution in [0.2, 0.25) is 0 Å². The minimum absolute atomic E-state index is 0.101. The Labute approximate surface area is 164 Å². The quantitative estimate of drug-likeness (QED) is 0.714. The van der Waals surface area contributed by atoms with E-state index in [1.165, 1.54) is 23.9 Å². The molecule has 2 amide bonds. The fourth-order valence-corrected chi connectivity index (χ4v) is 3.66. The molecule has 0 aromatic heterocycles. The summed E-state index contributed by atoms with van der Waals surface area (Å²) in [7, 11) is 1.57. The summed E-state index contributed by atoms with van der Waals surface area (Å²) in [4.78, 5) is 26.7. The van der Waals surface area contributed by atoms with E-state index in [1.807, 2.05) is 37.3 Å². The van der Waals surface area contributed by atoms with E-state index in [4.69, 9.17) is 0 Å². The maximum Gasteiger partial charge on any atom is 0.242 e. The van der Waals surface area contributed by atoms with Crippen molar-refractivity contribution in [3.05, 3.63) is 71.5 Å². The molecule has 0 bridgehead atoms. The van der Waals surface area contributed by atoms with E-state index in [0.29, 0.717) is 6.42 Å². The summed E-state index contributed by atoms with van der Waals surface area (Å²) >= 11 is 1.52. The number of hydrogen-bond acceptors (Lipinski definition) is 3. The van der Waals surface area contributed by atoms with Crippen LogP contribution in [0, 0.1) is 5.82 Å². The summed E-state index contributed by atoms with van der Waals surface area (Å²) in [6.07, 6.45) is 0.510. The second kappa shape index (κ2) is 10.7. The molecule has 27 heavy (non-hydrogen) atoms. The first kappa shape index (κ1) is 21.0. The van der Waals surface area contributed by atoms with Gasteiger partial charge in [-0.05, 0) is 29.7 Å². The predicted octanol–water partition coefficient (Wildman–Crippen LogP) is 3.61. The molecule has 6 heteroatoms. The SMILES string of the molecule is CC[C@H](C(=O)NC)N(Cc1ccc(F)cc1)C(=O)CSCc1ccccc1. The molecular formula is C21H25FN2O2S. The lowest BCUT2D eigenvalue weighted by molar-refractivity contribution is -0.139. The maximum absolute atomic E-state index is 13.2. The predicted molar refractivity (Wildman–Crippen MR) is 108 cm³/mol. The largest absolute Gasteiger partial charge is 0.357 e. The van der Waals surface area contributed by atoms with Gasteiger partial charge in [0.25, 0.3) is 0 Å². The molecule has 2 aromatic rings. The lowest BCUT2D eigenvalue weighted by Crippen LogP contribution is -2.48. The van der Waals surface area contributed by atoms with E-state index in [-0.39, 0.29) is 29.9 Å². The number of nitrogens with zero attached hydrogens (tertiary/aromatic N) is 1. The molecule has 1 atom stereocenters. The average Bonchev–Trinajstić information content (AvgIpc) is 2.69. The molecule has 0 spiro atoms. The molecule has 0 aliphatic heterocycles. The van der Waals surface area contributed by atoms with Gasteiger partial charge >= 0.3 is 0 Å². The van der Waals surface area contributed by atoms with Crippen LogP contribution in [-0.4, -0.2) is 35.6 Å². The highest BCUT2D eigenvalue weighted by Gasteiger charge is 2.27. The Bertz CT molecular complexity index is 738. The van der Waals surface area contributed by atoms with Crippen LogP contribution >= 0.6 is 11.8 Å². The number of hydrogen-bond donors (Lipinski definition) is 1. The summed E-state index contributed by atoms with van der Waals surface area (Å²) < 4.78 is 13.2. The Morgan fingerprint density at radius 2 is 1.74 bits per heavy atom. The molecule has 0 aliphatic rings. The van der Waals surface area contributed by atoms with Crippen molar-refractivity contribution < 1.29 is 14.0 Å². The van der Waals surface area contributed by atoms with Gasteiger partial charge in [0, 0.05) is 19.3 Å². The number of nitrogens with one attached hydrogen (secondary N) is 1. The summed E-state index contributed by atoms with van der Waals surface area (Å²) in [5.74, 6) is 0.391. The third-order valence-electron chi connectivity index (χ3n) is 4.24. The van der Waals surface area contributed by atoms with Crippen LogP contribution < -0.4 is 5.32 Å². The molecule has 1 N–H and O–H groups in total. The molecule has 0 fully saturated rings. The normalized spacial score (nSPS) is 11.7. The van der Waals surface area contributed by atoms with Crippen molar-refractivity contribution in [2.75, 3.05) is 12.8 Å². The highest BCUT2D eigenvalue weighted by atomic mass is 32.2. The smallest absolute Gasteiger partial charge is 0.242 e. The van der Waals surface area contributed by atoms with E-state index in [2.05, 4.69) is 5.32 Å². The van der Waals surface area contributed by atoms with Gasteiger partial charge in [0.15, 0.2) is 0 Å². The average molecular weight is 389 g/mol. The van der Waals surface area contributed by atoms with Crippen molar-refractivity contribution in [3.63, 3.8) is 0 Å². The third-order valence-corrected chi connectivity index (χ3v) is 5.22. The lowest BCUT2D eigenvalue weighted by atomic mass is 10.1. The number of rotatable bonds is 9. The second-order valence-corrected chi connectivity index (χ2v) is 7.15. The first-order valence-electron chi connectivity index (χ1n) is 8.92. The van der Waals surface area contributed by atoms with Gasteiger partial charge in [0.1, 0.15) is 11.9 Å². The molecule has 0 saturated carbocycles. The zero-order valence-electron chi connectivity index (χ0n) is 15.7. The Hall–Kier alpha value is -2.34. The Kier molecular flexibility index (Phi) is 8.33. The summed E-state index contributed by atoms with van der Waals surface area (Å²) in [6, 6.07) is 15.4. The number of likely N-dealkylation sites (N-methyl/N-ethyl adjacent to an activating group) is 1. The Morgan fingerprint density at radius 3 is 2.33 bits per heavy atom. The summed E-state index contributed by atoms with van der Waals surface area (Å²) in [5, 5.41) is 2.63. The standard InChI is InChI=1S/C21H25FN2O2S/c1-3-19(21(26)23-2)24(13-16-9-11-18(22)12-10-16)20(25)15-27-14-17-7-5-4-6-8-17/h4-12,19H,3,13-15H2,1-2H3,(H,23,26)/t19-/m1/s1. The monoisotopic (exact) mass is 388 g/mol. The molecule has 4 nitrogen and oxygen atoms in total. The van der Waals surface area contributed by atoms with E-state index in [1.54, 1.807) is 24.1 Å². The van der Waals surface area contributed by atoms with Gasteiger partial charge in [-0.15, -0.1) is 11.8 Å². The van der Waals surface area contributed by atoms with Gasteiger partial charge < -0.3 is 10.2 Å². The molecule has 2 aromatic carbocycles. The molecule has 144 valence electrons. The summed E-state index contributed by atoms with van der Waals surface area (Å²) in [6.45, 7) is 2.15. The number of benzene rings is 2. The fourth-order valence-electron chi connectivity index (χ4n) is 2.79. The number of amides is 2. The third kappa shape index (κ3) is 6.40. The van der Waals surface area contributed by atoms with Crippen LogP contribution in [0.25, 0.3) is 0 Å². The van der Waals surface area contributed by atoms with Crippen LogP contribution in [-0.2, 0) is 21.9 Å². The van der Waals surface area contributed by atoms with Crippen molar-refractivity contribution in [2.45, 2.75) is 31.7 Å². The van der Waals surface area contributed by atoms with Crippen LogP contribution in [0.5, 0.6) is 0 Å². The lowest BCUT2D eigenvalue weighted by Gasteiger charge is -2.30. The van der Waals surface area contributed by atoms with Gasteiger partial charge in [-0.3, -0.25) is 9.59 Å². The number of carbonyl (C=O) groups excluding carboxylic acids is 2. The van der Waals surface area contributed by atoms with Crippen molar-refractivity contribution in [3.8, 4) is 0 Å². The van der Waals surface area contributed by atoms with Crippen molar-refractivity contribution in [2.24, 2.45) is 0 Å². The molecule has 0 unspecified atom stereocenters. The number of carbonyl (C=O) groups is 2. The highest BCUT2D eigenvalue weighted by Crippen LogP contribution is 2.17. The topological polar surface area (TPSA) is 49.4 Å². The van der Waals surface area contributed by atoms with Gasteiger partial charge in [0.05, 0.1) is 5.75 Å². The molecular weight excluding hydrogens is 363 g/mol. The van der Waals surface area contributed by atoms with E-state index >= 15 is 0 Å². The van der Waals surface area contributed by atoms with E-state index < -0.39 is 6.04 Å². The van der Waals surface area contributed by atoms with E-state index in [0.717, 1.165) is 16.9 Å². The van der Waals surface area contributed by atoms with Crippen LogP contribution in [0.1, 0.15) is 24.5 Å². The fraction of sp³-hybridized carbons (Fsp3) is 0.333. The first-order valence-corrected chi connectivity index (χ1v) is 10.1. The zero-order valence-corrected chi connectivity index (χ0v) is 16.5. The van der Waals surface area contributed by atoms with Crippen molar-refractivity contribution in [1.82, 2.24) is 10.2 Å². The molecule has 0 radical (unpaired) electrons. The first-order chi connectivity index (χ1) is 13.0. The van der Waals surface area contributed by atoms with E-state index in [9.17, 15) is 14.0 Å². The molecule has 2 rings (SSSR count). The highest BCUT2D eigenvalue weighted by molar-refractivity contribution is 7.99. The van der Waals surface area contributed by atoms with Gasteiger partial charge in [-0.1, -0.05) is 49.4 Å². The molecule has 0 heterocycles.